The molecular weight excluding hydrogens is 438 g/mol. The number of amides is 2. The highest BCUT2D eigenvalue weighted by molar-refractivity contribution is 7.92. The van der Waals surface area contributed by atoms with Gasteiger partial charge in [-0.2, -0.15) is 8.42 Å². The molecule has 12 heteroatoms. The van der Waals surface area contributed by atoms with E-state index in [1.165, 1.54) is 38.5 Å². The molecule has 29 heavy (non-hydrogen) atoms. The maximum absolute atomic E-state index is 12.5. The fourth-order valence-electron chi connectivity index (χ4n) is 2.90. The third-order valence-corrected chi connectivity index (χ3v) is 8.63. The smallest absolute Gasteiger partial charge is 0.350 e. The third kappa shape index (κ3) is 4.60. The number of rotatable bonds is 5. The van der Waals surface area contributed by atoms with Crippen LogP contribution in [-0.2, 0) is 33.2 Å². The number of carbonyl (C=O) groups excluding carboxylic acids is 2. The molecule has 2 amide bonds. The highest BCUT2D eigenvalue weighted by atomic mass is 32.2. The number of carbonyl (C=O) groups is 2. The van der Waals surface area contributed by atoms with Crippen LogP contribution in [0.3, 0.4) is 0 Å². The fraction of sp³-hybridized carbons (Fsp3) is 0.471. The molecule has 9 nitrogen and oxygen atoms in total. The van der Waals surface area contributed by atoms with E-state index < -0.39 is 27.6 Å². The standard InChI is InChI=1S/C17H21N3O6S3/c1-17(2,23)11-8-18-16(28-11)29(24,25)20-15(22)19-12-9-6-4-5-7-10(9)27-13(12)14(21)26-3/h8,23H,4-7H2,1-3H3,(H2,19,20,22). The van der Waals surface area contributed by atoms with Gasteiger partial charge in [-0.3, -0.25) is 0 Å². The van der Waals surface area contributed by atoms with Gasteiger partial charge < -0.3 is 15.2 Å². The first-order chi connectivity index (χ1) is 13.5. The van der Waals surface area contributed by atoms with E-state index in [0.29, 0.717) is 17.0 Å². The van der Waals surface area contributed by atoms with Crippen LogP contribution in [0, 0.1) is 0 Å². The number of hydrogen-bond acceptors (Lipinski definition) is 9. The fourth-order valence-corrected chi connectivity index (χ4v) is 6.22. The molecule has 3 N–H and O–H groups in total. The van der Waals surface area contributed by atoms with Crippen LogP contribution >= 0.6 is 22.7 Å². The number of ether oxygens (including phenoxy) is 1. The van der Waals surface area contributed by atoms with Gasteiger partial charge in [0.15, 0.2) is 0 Å². The number of urea groups is 1. The van der Waals surface area contributed by atoms with Gasteiger partial charge in [0, 0.05) is 11.1 Å². The van der Waals surface area contributed by atoms with Gasteiger partial charge in [0.05, 0.1) is 23.3 Å². The lowest BCUT2D eigenvalue weighted by Gasteiger charge is -2.14. The van der Waals surface area contributed by atoms with Gasteiger partial charge >= 0.3 is 12.0 Å². The number of esters is 1. The van der Waals surface area contributed by atoms with Crippen LogP contribution < -0.4 is 10.0 Å². The molecule has 3 rings (SSSR count). The third-order valence-electron chi connectivity index (χ3n) is 4.33. The van der Waals surface area contributed by atoms with Crippen LogP contribution in [0.1, 0.15) is 51.7 Å². The van der Waals surface area contributed by atoms with Crippen molar-refractivity contribution in [3.05, 3.63) is 26.4 Å². The Kier molecular flexibility index (Phi) is 5.99. The van der Waals surface area contributed by atoms with Crippen molar-refractivity contribution in [1.82, 2.24) is 9.71 Å². The number of fused-ring (bicyclic) bond motifs is 1. The van der Waals surface area contributed by atoms with Crippen molar-refractivity contribution in [3.8, 4) is 0 Å². The summed E-state index contributed by atoms with van der Waals surface area (Å²) in [5.41, 5.74) is -0.118. The van der Waals surface area contributed by atoms with Crippen LogP contribution in [-0.4, -0.2) is 37.6 Å². The monoisotopic (exact) mass is 459 g/mol. The largest absolute Gasteiger partial charge is 0.465 e. The number of thiophene rings is 1. The number of aryl methyl sites for hydroxylation is 1. The molecule has 2 heterocycles. The lowest BCUT2D eigenvalue weighted by Crippen LogP contribution is -2.34. The summed E-state index contributed by atoms with van der Waals surface area (Å²) >= 11 is 2.02. The van der Waals surface area contributed by atoms with Crippen LogP contribution in [0.15, 0.2) is 10.5 Å². The van der Waals surface area contributed by atoms with E-state index in [9.17, 15) is 23.1 Å². The predicted octanol–water partition coefficient (Wildman–Crippen LogP) is 2.61. The number of thiazole rings is 1. The maximum Gasteiger partial charge on any atom is 0.350 e. The Morgan fingerprint density at radius 2 is 1.93 bits per heavy atom. The van der Waals surface area contributed by atoms with Gasteiger partial charge in [-0.1, -0.05) is 0 Å². The van der Waals surface area contributed by atoms with Gasteiger partial charge in [0.1, 0.15) is 4.88 Å². The SMILES string of the molecule is COC(=O)c1sc2c(c1NC(=O)NS(=O)(=O)c1ncc(C(C)(C)O)s1)CCCC2. The highest BCUT2D eigenvalue weighted by Gasteiger charge is 2.29. The van der Waals surface area contributed by atoms with Crippen molar-refractivity contribution in [3.63, 3.8) is 0 Å². The summed E-state index contributed by atoms with van der Waals surface area (Å²) in [4.78, 5) is 29.9. The Morgan fingerprint density at radius 3 is 2.55 bits per heavy atom. The second-order valence-corrected chi connectivity index (χ2v) is 11.0. The van der Waals surface area contributed by atoms with Crippen molar-refractivity contribution in [2.75, 3.05) is 12.4 Å². The Balaban J connectivity index is 1.83. The van der Waals surface area contributed by atoms with E-state index in [4.69, 9.17) is 4.74 Å². The molecule has 1 aliphatic carbocycles. The molecule has 0 aromatic carbocycles. The molecule has 0 bridgehead atoms. The highest BCUT2D eigenvalue weighted by Crippen LogP contribution is 2.38. The Morgan fingerprint density at radius 1 is 1.24 bits per heavy atom. The second-order valence-electron chi connectivity index (χ2n) is 7.02. The molecule has 0 atom stereocenters. The van der Waals surface area contributed by atoms with E-state index in [2.05, 4.69) is 10.3 Å². The van der Waals surface area contributed by atoms with E-state index in [-0.39, 0.29) is 9.22 Å². The predicted molar refractivity (Wildman–Crippen MR) is 109 cm³/mol. The number of aromatic nitrogens is 1. The quantitative estimate of drug-likeness (QED) is 0.585. The summed E-state index contributed by atoms with van der Waals surface area (Å²) < 4.78 is 31.3. The summed E-state index contributed by atoms with van der Waals surface area (Å²) in [6.45, 7) is 3.01. The molecule has 2 aromatic heterocycles. The lowest BCUT2D eigenvalue weighted by atomic mass is 9.97. The second kappa shape index (κ2) is 8.01. The van der Waals surface area contributed by atoms with Crippen LogP contribution in [0.4, 0.5) is 10.5 Å². The Bertz CT molecular complexity index is 1050. The first-order valence-corrected chi connectivity index (χ1v) is 11.9. The molecule has 2 aromatic rings. The normalized spacial score (nSPS) is 14.2. The topological polar surface area (TPSA) is 135 Å². The minimum atomic E-state index is -4.24. The van der Waals surface area contributed by atoms with Crippen molar-refractivity contribution in [2.45, 2.75) is 49.5 Å². The number of nitrogens with zero attached hydrogens (tertiary/aromatic N) is 1. The van der Waals surface area contributed by atoms with Gasteiger partial charge in [-0.15, -0.1) is 22.7 Å². The molecular formula is C17H21N3O6S3. The van der Waals surface area contributed by atoms with Crippen molar-refractivity contribution >= 4 is 50.4 Å². The van der Waals surface area contributed by atoms with Crippen LogP contribution in [0.2, 0.25) is 0 Å². The zero-order chi connectivity index (χ0) is 21.4. The molecule has 0 aliphatic heterocycles. The van der Waals surface area contributed by atoms with Crippen LogP contribution in [0.5, 0.6) is 0 Å². The van der Waals surface area contributed by atoms with E-state index >= 15 is 0 Å². The molecule has 0 spiro atoms. The lowest BCUT2D eigenvalue weighted by molar-refractivity contribution is 0.0607. The van der Waals surface area contributed by atoms with Crippen LogP contribution in [0.25, 0.3) is 0 Å². The van der Waals surface area contributed by atoms with Gasteiger partial charge in [-0.05, 0) is 45.1 Å². The maximum atomic E-state index is 12.5. The van der Waals surface area contributed by atoms with E-state index in [1.807, 2.05) is 4.72 Å². The number of methoxy groups -OCH3 is 1. The first-order valence-electron chi connectivity index (χ1n) is 8.78. The van der Waals surface area contributed by atoms with Gasteiger partial charge in [0.2, 0.25) is 4.34 Å². The zero-order valence-corrected chi connectivity index (χ0v) is 18.5. The molecule has 0 radical (unpaired) electrons. The Labute approximate surface area is 176 Å². The number of aliphatic hydroxyl groups is 1. The number of anilines is 1. The molecule has 0 saturated heterocycles. The van der Waals surface area contributed by atoms with E-state index in [1.54, 1.807) is 0 Å². The number of nitrogens with one attached hydrogen (secondary N) is 2. The molecule has 1 aliphatic rings. The van der Waals surface area contributed by atoms with Crippen molar-refractivity contribution < 1.29 is 27.9 Å². The molecule has 0 unspecified atom stereocenters. The summed E-state index contributed by atoms with van der Waals surface area (Å²) in [6, 6.07) is -0.999. The minimum Gasteiger partial charge on any atom is -0.465 e. The summed E-state index contributed by atoms with van der Waals surface area (Å²) in [7, 11) is -2.99. The van der Waals surface area contributed by atoms with Gasteiger partial charge in [0.25, 0.3) is 10.0 Å². The summed E-state index contributed by atoms with van der Waals surface area (Å²) in [5, 5.41) is 12.5. The van der Waals surface area contributed by atoms with E-state index in [0.717, 1.165) is 41.0 Å². The van der Waals surface area contributed by atoms with Crippen molar-refractivity contribution in [2.24, 2.45) is 0 Å². The average Bonchev–Trinajstić information content (AvgIpc) is 3.27. The molecule has 0 fully saturated rings. The average molecular weight is 460 g/mol. The Hall–Kier alpha value is -2.02. The summed E-state index contributed by atoms with van der Waals surface area (Å²) in [6.07, 6.45) is 4.64. The molecule has 0 saturated carbocycles. The van der Waals surface area contributed by atoms with Crippen molar-refractivity contribution in [1.29, 1.82) is 0 Å². The first kappa shape index (κ1) is 21.7. The number of hydrogen-bond donors (Lipinski definition) is 3. The molecule has 158 valence electrons. The minimum absolute atomic E-state index is 0.241. The number of sulfonamides is 1. The van der Waals surface area contributed by atoms with Gasteiger partial charge in [-0.25, -0.2) is 19.3 Å². The summed E-state index contributed by atoms with van der Waals surface area (Å²) in [5.74, 6) is -0.586. The zero-order valence-electron chi connectivity index (χ0n) is 16.1.